The van der Waals surface area contributed by atoms with Gasteiger partial charge >= 0.3 is 0 Å². The van der Waals surface area contributed by atoms with Crippen molar-refractivity contribution in [2.24, 2.45) is 4.99 Å². The van der Waals surface area contributed by atoms with Gasteiger partial charge in [0.15, 0.2) is 5.96 Å². The molecule has 1 unspecified atom stereocenters. The van der Waals surface area contributed by atoms with Crippen LogP contribution in [0.25, 0.3) is 0 Å². The molecule has 0 saturated heterocycles. The van der Waals surface area contributed by atoms with Crippen molar-refractivity contribution in [3.05, 3.63) is 64.7 Å². The molecule has 8 heteroatoms. The highest BCUT2D eigenvalue weighted by Gasteiger charge is 2.10. The third-order valence-electron chi connectivity index (χ3n) is 4.95. The lowest BCUT2D eigenvalue weighted by Gasteiger charge is -2.18. The summed E-state index contributed by atoms with van der Waals surface area (Å²) in [6, 6.07) is 13.7. The molecule has 170 valence electrons. The lowest BCUT2D eigenvalue weighted by molar-refractivity contribution is 0.215. The number of aryl methyl sites for hydroxylation is 1. The van der Waals surface area contributed by atoms with Gasteiger partial charge in [-0.2, -0.15) is 0 Å². The molecule has 0 heterocycles. The molecular weight excluding hydrogens is 412 g/mol. The molecule has 0 spiro atoms. The van der Waals surface area contributed by atoms with E-state index in [0.717, 1.165) is 34.4 Å². The summed E-state index contributed by atoms with van der Waals surface area (Å²) in [7, 11) is -0.122. The molecule has 2 aromatic carbocycles. The van der Waals surface area contributed by atoms with Crippen LogP contribution in [0, 0.1) is 6.92 Å². The fraction of sp³-hybridized carbons (Fsp3) is 0.435. The second-order valence-electron chi connectivity index (χ2n) is 7.51. The number of nitrogens with zero attached hydrogens (tertiary/aromatic N) is 1. The van der Waals surface area contributed by atoms with Crippen LogP contribution >= 0.6 is 0 Å². The average molecular weight is 447 g/mol. The molecule has 0 aliphatic rings. The zero-order valence-corrected chi connectivity index (χ0v) is 19.8. The minimum atomic E-state index is -3.27. The molecule has 0 bridgehead atoms. The number of hydrogen-bond donors (Lipinski definition) is 3. The first-order chi connectivity index (χ1) is 14.8. The van der Waals surface area contributed by atoms with E-state index >= 15 is 0 Å². The number of nitrogens with one attached hydrogen (secondary N) is 3. The Bertz CT molecular complexity index is 973. The number of rotatable bonds is 10. The first-order valence-corrected chi connectivity index (χ1v) is 12.1. The Labute approximate surface area is 186 Å². The van der Waals surface area contributed by atoms with Crippen molar-refractivity contribution in [1.82, 2.24) is 15.4 Å². The highest BCUT2D eigenvalue weighted by molar-refractivity contribution is 7.88. The number of aliphatic imine (C=N–C) groups is 1. The normalized spacial score (nSPS) is 13.0. The lowest BCUT2D eigenvalue weighted by Crippen LogP contribution is -2.36. The van der Waals surface area contributed by atoms with E-state index < -0.39 is 10.0 Å². The Morgan fingerprint density at radius 2 is 1.71 bits per heavy atom. The average Bonchev–Trinajstić information content (AvgIpc) is 2.75. The maximum atomic E-state index is 11.7. The molecule has 31 heavy (non-hydrogen) atoms. The molecule has 0 saturated carbocycles. The van der Waals surface area contributed by atoms with Gasteiger partial charge in [-0.3, -0.25) is 4.99 Å². The zero-order chi connectivity index (χ0) is 22.9. The van der Waals surface area contributed by atoms with Crippen LogP contribution in [0.1, 0.15) is 42.5 Å². The van der Waals surface area contributed by atoms with Crippen molar-refractivity contribution < 1.29 is 13.2 Å². The smallest absolute Gasteiger partial charge is 0.215 e. The number of benzene rings is 2. The summed E-state index contributed by atoms with van der Waals surface area (Å²) in [4.78, 5) is 4.29. The zero-order valence-electron chi connectivity index (χ0n) is 19.0. The molecule has 1 atom stereocenters. The summed E-state index contributed by atoms with van der Waals surface area (Å²) >= 11 is 0. The first-order valence-electron chi connectivity index (χ1n) is 10.5. The summed E-state index contributed by atoms with van der Waals surface area (Å²) in [5, 5.41) is 6.61. The van der Waals surface area contributed by atoms with E-state index in [2.05, 4.69) is 59.3 Å². The highest BCUT2D eigenvalue weighted by atomic mass is 32.2. The second-order valence-corrected chi connectivity index (χ2v) is 9.43. The SMILES string of the molecule is CCC(C)Oc1cc(C)ccc1CNC(=NC)NCc1ccc(CS(=O)(=O)NC)cc1. The van der Waals surface area contributed by atoms with Crippen molar-refractivity contribution in [3.8, 4) is 5.75 Å². The maximum absolute atomic E-state index is 11.7. The monoisotopic (exact) mass is 446 g/mol. The van der Waals surface area contributed by atoms with Crippen LogP contribution in [-0.2, 0) is 28.9 Å². The number of guanidine groups is 1. The molecule has 7 nitrogen and oxygen atoms in total. The van der Waals surface area contributed by atoms with E-state index in [9.17, 15) is 8.42 Å². The van der Waals surface area contributed by atoms with Gasteiger partial charge in [0.25, 0.3) is 0 Å². The van der Waals surface area contributed by atoms with Gasteiger partial charge in [0.1, 0.15) is 5.75 Å². The van der Waals surface area contributed by atoms with Crippen molar-refractivity contribution in [2.75, 3.05) is 14.1 Å². The summed E-state index contributed by atoms with van der Waals surface area (Å²) in [5.74, 6) is 1.54. The van der Waals surface area contributed by atoms with Gasteiger partial charge in [-0.25, -0.2) is 13.1 Å². The second kappa shape index (κ2) is 11.7. The number of ether oxygens (including phenoxy) is 1. The van der Waals surface area contributed by atoms with Gasteiger partial charge in [0.2, 0.25) is 10.0 Å². The minimum Gasteiger partial charge on any atom is -0.490 e. The van der Waals surface area contributed by atoms with E-state index in [1.807, 2.05) is 24.3 Å². The Balaban J connectivity index is 1.94. The molecule has 0 radical (unpaired) electrons. The minimum absolute atomic E-state index is 0.0297. The van der Waals surface area contributed by atoms with Crippen LogP contribution in [0.2, 0.25) is 0 Å². The van der Waals surface area contributed by atoms with Crippen LogP contribution < -0.4 is 20.1 Å². The van der Waals surface area contributed by atoms with E-state index in [4.69, 9.17) is 4.74 Å². The largest absolute Gasteiger partial charge is 0.490 e. The van der Waals surface area contributed by atoms with E-state index in [-0.39, 0.29) is 11.9 Å². The van der Waals surface area contributed by atoms with E-state index in [1.54, 1.807) is 7.05 Å². The molecule has 2 aromatic rings. The third kappa shape index (κ3) is 8.22. The Morgan fingerprint density at radius 3 is 2.32 bits per heavy atom. The van der Waals surface area contributed by atoms with Crippen LogP contribution in [0.3, 0.4) is 0 Å². The molecule has 0 fully saturated rings. The molecule has 0 aliphatic carbocycles. The first kappa shape index (κ1) is 24.7. The van der Waals surface area contributed by atoms with Crippen LogP contribution in [0.5, 0.6) is 5.75 Å². The van der Waals surface area contributed by atoms with Crippen molar-refractivity contribution in [3.63, 3.8) is 0 Å². The Hall–Kier alpha value is -2.58. The molecular formula is C23H34N4O3S. The van der Waals surface area contributed by atoms with Crippen molar-refractivity contribution >= 4 is 16.0 Å². The number of sulfonamides is 1. The molecule has 3 N–H and O–H groups in total. The number of hydrogen-bond acceptors (Lipinski definition) is 4. The molecule has 0 aliphatic heterocycles. The fourth-order valence-corrected chi connectivity index (χ4v) is 3.62. The van der Waals surface area contributed by atoms with Crippen LogP contribution in [-0.4, -0.2) is 34.6 Å². The Morgan fingerprint density at radius 1 is 1.06 bits per heavy atom. The summed E-state index contributed by atoms with van der Waals surface area (Å²) in [6.45, 7) is 7.39. The fourth-order valence-electron chi connectivity index (χ4n) is 2.85. The molecule has 0 amide bonds. The quantitative estimate of drug-likeness (QED) is 0.385. The van der Waals surface area contributed by atoms with Gasteiger partial charge in [-0.1, -0.05) is 43.3 Å². The standard InChI is InChI=1S/C23H34N4O3S/c1-6-18(3)30-22-13-17(2)7-12-21(22)15-27-23(24-4)26-14-19-8-10-20(11-9-19)16-31(28,29)25-5/h7-13,18,25H,6,14-16H2,1-5H3,(H2,24,26,27). The summed E-state index contributed by atoms with van der Waals surface area (Å²) in [6.07, 6.45) is 1.10. The van der Waals surface area contributed by atoms with E-state index in [0.29, 0.717) is 19.0 Å². The predicted molar refractivity (Wildman–Crippen MR) is 127 cm³/mol. The van der Waals surface area contributed by atoms with Gasteiger partial charge in [-0.05, 0) is 50.1 Å². The predicted octanol–water partition coefficient (Wildman–Crippen LogP) is 3.09. The van der Waals surface area contributed by atoms with Crippen molar-refractivity contribution in [1.29, 1.82) is 0 Å². The van der Waals surface area contributed by atoms with Gasteiger partial charge in [0.05, 0.1) is 11.9 Å². The maximum Gasteiger partial charge on any atom is 0.215 e. The van der Waals surface area contributed by atoms with Crippen LogP contribution in [0.4, 0.5) is 0 Å². The summed E-state index contributed by atoms with van der Waals surface area (Å²) < 4.78 is 31.7. The van der Waals surface area contributed by atoms with Gasteiger partial charge in [0, 0.05) is 25.7 Å². The Kier molecular flexibility index (Phi) is 9.33. The molecule has 2 rings (SSSR count). The van der Waals surface area contributed by atoms with E-state index in [1.165, 1.54) is 7.05 Å². The topological polar surface area (TPSA) is 91.8 Å². The van der Waals surface area contributed by atoms with Crippen molar-refractivity contribution in [2.45, 2.75) is 52.1 Å². The third-order valence-corrected chi connectivity index (χ3v) is 6.28. The van der Waals surface area contributed by atoms with Gasteiger partial charge in [-0.15, -0.1) is 0 Å². The molecule has 0 aromatic heterocycles. The van der Waals surface area contributed by atoms with Crippen LogP contribution in [0.15, 0.2) is 47.5 Å². The lowest BCUT2D eigenvalue weighted by atomic mass is 10.1. The highest BCUT2D eigenvalue weighted by Crippen LogP contribution is 2.22. The summed E-state index contributed by atoms with van der Waals surface area (Å²) in [5.41, 5.74) is 4.01. The van der Waals surface area contributed by atoms with Gasteiger partial charge < -0.3 is 15.4 Å².